The molecule has 0 radical (unpaired) electrons. The lowest BCUT2D eigenvalue weighted by molar-refractivity contribution is 0.0651. The van der Waals surface area contributed by atoms with E-state index in [1.54, 1.807) is 23.1 Å². The maximum Gasteiger partial charge on any atom is 0.272 e. The highest BCUT2D eigenvalue weighted by Crippen LogP contribution is 2.24. The number of hydrogen-bond donors (Lipinski definition) is 0. The van der Waals surface area contributed by atoms with Gasteiger partial charge in [0.2, 0.25) is 0 Å². The summed E-state index contributed by atoms with van der Waals surface area (Å²) in [6, 6.07) is 5.75. The first-order valence-electron chi connectivity index (χ1n) is 9.33. The third-order valence-electron chi connectivity index (χ3n) is 5.26. The van der Waals surface area contributed by atoms with Gasteiger partial charge in [0.05, 0.1) is 0 Å². The van der Waals surface area contributed by atoms with E-state index in [2.05, 4.69) is 26.6 Å². The van der Waals surface area contributed by atoms with Crippen molar-refractivity contribution in [2.45, 2.75) is 26.3 Å². The number of carbonyl (C=O) groups is 1. The van der Waals surface area contributed by atoms with Crippen molar-refractivity contribution in [1.29, 1.82) is 0 Å². The quantitative estimate of drug-likeness (QED) is 0.713. The van der Waals surface area contributed by atoms with Crippen LogP contribution in [0.2, 0.25) is 0 Å². The highest BCUT2D eigenvalue weighted by atomic mass is 16.2. The highest BCUT2D eigenvalue weighted by molar-refractivity contribution is 5.92. The van der Waals surface area contributed by atoms with Crippen molar-refractivity contribution in [3.63, 3.8) is 0 Å². The lowest BCUT2D eigenvalue weighted by Gasteiger charge is -2.33. The van der Waals surface area contributed by atoms with Crippen LogP contribution in [0.15, 0.2) is 43.0 Å². The van der Waals surface area contributed by atoms with Crippen LogP contribution in [0.3, 0.4) is 0 Å². The number of aromatic nitrogens is 5. The van der Waals surface area contributed by atoms with Crippen molar-refractivity contribution in [3.05, 3.63) is 54.4 Å². The maximum absolute atomic E-state index is 12.8. The van der Waals surface area contributed by atoms with E-state index in [0.29, 0.717) is 11.6 Å². The molecule has 0 N–H and O–H groups in total. The van der Waals surface area contributed by atoms with Crippen molar-refractivity contribution < 1.29 is 4.79 Å². The number of amides is 1. The predicted octanol–water partition coefficient (Wildman–Crippen LogP) is 2.54. The summed E-state index contributed by atoms with van der Waals surface area (Å²) >= 11 is 0. The van der Waals surface area contributed by atoms with Gasteiger partial charge in [0.25, 0.3) is 5.91 Å². The fourth-order valence-corrected chi connectivity index (χ4v) is 3.82. The maximum atomic E-state index is 12.8. The molecule has 1 fully saturated rings. The minimum atomic E-state index is 0.0644. The third kappa shape index (κ3) is 3.49. The average molecular weight is 364 g/mol. The zero-order valence-corrected chi connectivity index (χ0v) is 15.7. The summed E-state index contributed by atoms with van der Waals surface area (Å²) in [5.41, 5.74) is 2.79. The molecule has 1 atom stereocenters. The molecule has 0 aliphatic carbocycles. The van der Waals surface area contributed by atoms with Gasteiger partial charge in [0, 0.05) is 62.7 Å². The van der Waals surface area contributed by atoms with Crippen LogP contribution in [0.5, 0.6) is 0 Å². The van der Waals surface area contributed by atoms with Gasteiger partial charge >= 0.3 is 0 Å². The molecule has 1 aliphatic rings. The SMILES string of the molecule is Cc1cnc(-c2cccnc2)n1CC1CCCN(C(=O)c2ccnn2C)C1. The standard InChI is InChI=1S/C20H24N6O/c1-15-11-22-19(17-6-3-8-21-12-17)26(15)14-16-5-4-10-25(13-16)20(27)18-7-9-23-24(18)2/h3,6-9,11-12,16H,4-5,10,13-14H2,1-2H3. The lowest BCUT2D eigenvalue weighted by Crippen LogP contribution is -2.41. The van der Waals surface area contributed by atoms with E-state index in [-0.39, 0.29) is 5.91 Å². The Kier molecular flexibility index (Phi) is 4.75. The first-order valence-corrected chi connectivity index (χ1v) is 9.33. The van der Waals surface area contributed by atoms with Crippen molar-refractivity contribution in [3.8, 4) is 11.4 Å². The topological polar surface area (TPSA) is 68.8 Å². The number of aryl methyl sites for hydroxylation is 2. The number of imidazole rings is 1. The highest BCUT2D eigenvalue weighted by Gasteiger charge is 2.27. The zero-order valence-electron chi connectivity index (χ0n) is 15.7. The van der Waals surface area contributed by atoms with Crippen molar-refractivity contribution in [2.24, 2.45) is 13.0 Å². The molecule has 4 rings (SSSR count). The molecule has 1 aliphatic heterocycles. The number of nitrogens with zero attached hydrogens (tertiary/aromatic N) is 6. The molecule has 140 valence electrons. The Morgan fingerprint density at radius 2 is 2.15 bits per heavy atom. The molecule has 7 nitrogen and oxygen atoms in total. The predicted molar refractivity (Wildman–Crippen MR) is 102 cm³/mol. The summed E-state index contributed by atoms with van der Waals surface area (Å²) in [5.74, 6) is 1.41. The molecule has 0 saturated carbocycles. The number of hydrogen-bond acceptors (Lipinski definition) is 4. The van der Waals surface area contributed by atoms with E-state index in [0.717, 1.165) is 49.6 Å². The number of pyridine rings is 1. The average Bonchev–Trinajstić information content (AvgIpc) is 3.28. The second-order valence-corrected chi connectivity index (χ2v) is 7.17. The summed E-state index contributed by atoms with van der Waals surface area (Å²) < 4.78 is 3.90. The van der Waals surface area contributed by atoms with Crippen molar-refractivity contribution >= 4 is 5.91 Å². The largest absolute Gasteiger partial charge is 0.337 e. The van der Waals surface area contributed by atoms with Crippen LogP contribution >= 0.6 is 0 Å². The minimum Gasteiger partial charge on any atom is -0.337 e. The monoisotopic (exact) mass is 364 g/mol. The molecular weight excluding hydrogens is 340 g/mol. The Balaban J connectivity index is 1.51. The van der Waals surface area contributed by atoms with E-state index in [9.17, 15) is 4.79 Å². The fraction of sp³-hybridized carbons (Fsp3) is 0.400. The minimum absolute atomic E-state index is 0.0644. The van der Waals surface area contributed by atoms with E-state index in [4.69, 9.17) is 0 Å². The van der Waals surface area contributed by atoms with Gasteiger partial charge in [-0.25, -0.2) is 4.98 Å². The van der Waals surface area contributed by atoms with Gasteiger partial charge in [-0.1, -0.05) is 0 Å². The molecule has 1 saturated heterocycles. The van der Waals surface area contributed by atoms with Gasteiger partial charge in [-0.3, -0.25) is 14.5 Å². The Morgan fingerprint density at radius 1 is 1.26 bits per heavy atom. The molecule has 0 spiro atoms. The molecule has 3 aromatic rings. The summed E-state index contributed by atoms with van der Waals surface area (Å²) in [6.45, 7) is 4.49. The first-order chi connectivity index (χ1) is 13.1. The summed E-state index contributed by atoms with van der Waals surface area (Å²) in [5, 5.41) is 4.12. The summed E-state index contributed by atoms with van der Waals surface area (Å²) in [6.07, 6.45) is 9.32. The van der Waals surface area contributed by atoms with Gasteiger partial charge in [0.15, 0.2) is 0 Å². The fourth-order valence-electron chi connectivity index (χ4n) is 3.82. The third-order valence-corrected chi connectivity index (χ3v) is 5.26. The van der Waals surface area contributed by atoms with Gasteiger partial charge < -0.3 is 9.47 Å². The zero-order chi connectivity index (χ0) is 18.8. The second kappa shape index (κ2) is 7.34. The molecule has 4 heterocycles. The molecular formula is C20H24N6O. The molecule has 1 amide bonds. The van der Waals surface area contributed by atoms with Gasteiger partial charge in [-0.2, -0.15) is 5.10 Å². The van der Waals surface area contributed by atoms with Gasteiger partial charge in [-0.05, 0) is 43.9 Å². The summed E-state index contributed by atoms with van der Waals surface area (Å²) in [4.78, 5) is 23.6. The molecule has 3 aromatic heterocycles. The van der Waals surface area contributed by atoms with E-state index in [1.165, 1.54) is 0 Å². The normalized spacial score (nSPS) is 17.3. The number of piperidine rings is 1. The van der Waals surface area contributed by atoms with Crippen LogP contribution in [-0.4, -0.2) is 48.2 Å². The Labute approximate surface area is 158 Å². The number of carbonyl (C=O) groups excluding carboxylic acids is 1. The molecule has 0 aromatic carbocycles. The van der Waals surface area contributed by atoms with E-state index >= 15 is 0 Å². The smallest absolute Gasteiger partial charge is 0.272 e. The molecule has 1 unspecified atom stereocenters. The van der Waals surface area contributed by atoms with Crippen LogP contribution in [0.1, 0.15) is 29.0 Å². The number of rotatable bonds is 4. The van der Waals surface area contributed by atoms with Crippen LogP contribution < -0.4 is 0 Å². The Hall–Kier alpha value is -2.96. The summed E-state index contributed by atoms with van der Waals surface area (Å²) in [7, 11) is 1.81. The lowest BCUT2D eigenvalue weighted by atomic mass is 9.97. The van der Waals surface area contributed by atoms with Crippen LogP contribution in [0.25, 0.3) is 11.4 Å². The van der Waals surface area contributed by atoms with E-state index < -0.39 is 0 Å². The van der Waals surface area contributed by atoms with Crippen LogP contribution in [0, 0.1) is 12.8 Å². The molecule has 0 bridgehead atoms. The molecule has 27 heavy (non-hydrogen) atoms. The van der Waals surface area contributed by atoms with Crippen LogP contribution in [0.4, 0.5) is 0 Å². The Morgan fingerprint density at radius 3 is 2.89 bits per heavy atom. The first kappa shape index (κ1) is 17.5. The van der Waals surface area contributed by atoms with E-state index in [1.807, 2.05) is 36.5 Å². The van der Waals surface area contributed by atoms with Crippen LogP contribution in [-0.2, 0) is 13.6 Å². The van der Waals surface area contributed by atoms with Gasteiger partial charge in [0.1, 0.15) is 11.5 Å². The molecule has 7 heteroatoms. The van der Waals surface area contributed by atoms with Gasteiger partial charge in [-0.15, -0.1) is 0 Å². The Bertz CT molecular complexity index is 929. The number of likely N-dealkylation sites (tertiary alicyclic amines) is 1. The second-order valence-electron chi connectivity index (χ2n) is 7.17. The van der Waals surface area contributed by atoms with Crippen molar-refractivity contribution in [1.82, 2.24) is 29.2 Å². The van der Waals surface area contributed by atoms with Crippen molar-refractivity contribution in [2.75, 3.05) is 13.1 Å².